The number of hydrogen-bond donors (Lipinski definition) is 1. The third-order valence-electron chi connectivity index (χ3n) is 2.74. The standard InChI is InChI=1S/C10H19N3O2/c1-4-12(5-2)7-8(3)13-9(14)6-11-10(13)15/h8H,4-7H2,1-3H3,(H,11,15). The van der Waals surface area contributed by atoms with E-state index in [1.54, 1.807) is 0 Å². The highest BCUT2D eigenvalue weighted by molar-refractivity contribution is 6.02. The van der Waals surface area contributed by atoms with Crippen LogP contribution in [0.3, 0.4) is 0 Å². The van der Waals surface area contributed by atoms with Crippen LogP contribution in [0.25, 0.3) is 0 Å². The molecule has 0 saturated carbocycles. The molecule has 86 valence electrons. The molecule has 1 aliphatic rings. The van der Waals surface area contributed by atoms with Gasteiger partial charge in [0.1, 0.15) is 0 Å². The van der Waals surface area contributed by atoms with E-state index in [4.69, 9.17) is 0 Å². The summed E-state index contributed by atoms with van der Waals surface area (Å²) in [7, 11) is 0. The molecule has 5 nitrogen and oxygen atoms in total. The molecule has 0 radical (unpaired) electrons. The molecular formula is C10H19N3O2. The van der Waals surface area contributed by atoms with Gasteiger partial charge in [-0.1, -0.05) is 13.8 Å². The first-order valence-corrected chi connectivity index (χ1v) is 5.42. The number of hydrogen-bond acceptors (Lipinski definition) is 3. The van der Waals surface area contributed by atoms with E-state index < -0.39 is 0 Å². The summed E-state index contributed by atoms with van der Waals surface area (Å²) in [6.45, 7) is 8.80. The molecule has 1 fully saturated rings. The lowest BCUT2D eigenvalue weighted by Crippen LogP contribution is -2.45. The SMILES string of the molecule is CCN(CC)CC(C)N1C(=O)CNC1=O. The summed E-state index contributed by atoms with van der Waals surface area (Å²) in [6.07, 6.45) is 0. The van der Waals surface area contributed by atoms with Crippen molar-refractivity contribution in [1.82, 2.24) is 15.1 Å². The minimum atomic E-state index is -0.264. The molecule has 1 N–H and O–H groups in total. The fraction of sp³-hybridized carbons (Fsp3) is 0.800. The summed E-state index contributed by atoms with van der Waals surface area (Å²) >= 11 is 0. The first-order chi connectivity index (χ1) is 7.10. The lowest BCUT2D eigenvalue weighted by atomic mass is 10.2. The molecule has 0 aromatic heterocycles. The van der Waals surface area contributed by atoms with Crippen LogP contribution < -0.4 is 5.32 Å². The molecule has 1 unspecified atom stereocenters. The molecule has 0 bridgehead atoms. The van der Waals surface area contributed by atoms with Crippen molar-refractivity contribution < 1.29 is 9.59 Å². The molecule has 0 spiro atoms. The van der Waals surface area contributed by atoms with E-state index in [1.807, 2.05) is 6.92 Å². The van der Waals surface area contributed by atoms with E-state index in [9.17, 15) is 9.59 Å². The van der Waals surface area contributed by atoms with Crippen LogP contribution in [0, 0.1) is 0 Å². The van der Waals surface area contributed by atoms with Crippen molar-refractivity contribution >= 4 is 11.9 Å². The third kappa shape index (κ3) is 2.68. The second-order valence-corrected chi connectivity index (χ2v) is 3.76. The first-order valence-electron chi connectivity index (χ1n) is 5.42. The van der Waals surface area contributed by atoms with E-state index in [2.05, 4.69) is 24.1 Å². The predicted octanol–water partition coefficient (Wildman–Crippen LogP) is 0.269. The lowest BCUT2D eigenvalue weighted by Gasteiger charge is -2.27. The van der Waals surface area contributed by atoms with Crippen molar-refractivity contribution in [3.63, 3.8) is 0 Å². The van der Waals surface area contributed by atoms with Crippen molar-refractivity contribution in [1.29, 1.82) is 0 Å². The summed E-state index contributed by atoms with van der Waals surface area (Å²) in [5, 5.41) is 2.53. The highest BCUT2D eigenvalue weighted by atomic mass is 16.2. The monoisotopic (exact) mass is 213 g/mol. The van der Waals surface area contributed by atoms with E-state index in [0.29, 0.717) is 0 Å². The average molecular weight is 213 g/mol. The van der Waals surface area contributed by atoms with Gasteiger partial charge in [-0.2, -0.15) is 0 Å². The number of nitrogens with one attached hydrogen (secondary N) is 1. The topological polar surface area (TPSA) is 52.6 Å². The van der Waals surface area contributed by atoms with Crippen molar-refractivity contribution in [2.45, 2.75) is 26.8 Å². The molecule has 5 heteroatoms. The Morgan fingerprint density at radius 3 is 2.40 bits per heavy atom. The van der Waals surface area contributed by atoms with Crippen molar-refractivity contribution in [2.75, 3.05) is 26.2 Å². The Morgan fingerprint density at radius 2 is 2.00 bits per heavy atom. The average Bonchev–Trinajstić information content (AvgIpc) is 2.55. The van der Waals surface area contributed by atoms with Crippen LogP contribution >= 0.6 is 0 Å². The van der Waals surface area contributed by atoms with Crippen LogP contribution in [-0.2, 0) is 4.79 Å². The zero-order valence-corrected chi connectivity index (χ0v) is 9.62. The van der Waals surface area contributed by atoms with Gasteiger partial charge < -0.3 is 10.2 Å². The van der Waals surface area contributed by atoms with Gasteiger partial charge in [0.05, 0.1) is 12.6 Å². The fourth-order valence-corrected chi connectivity index (χ4v) is 1.82. The number of likely N-dealkylation sites (N-methyl/N-ethyl adjacent to an activating group) is 1. The van der Waals surface area contributed by atoms with Crippen LogP contribution in [0.4, 0.5) is 4.79 Å². The summed E-state index contributed by atoms with van der Waals surface area (Å²) in [5.41, 5.74) is 0. The summed E-state index contributed by atoms with van der Waals surface area (Å²) in [4.78, 5) is 26.3. The van der Waals surface area contributed by atoms with Crippen molar-refractivity contribution in [2.24, 2.45) is 0 Å². The summed E-state index contributed by atoms with van der Waals surface area (Å²) < 4.78 is 0. The molecule has 0 aromatic carbocycles. The Labute approximate surface area is 90.4 Å². The van der Waals surface area contributed by atoms with Gasteiger partial charge in [0.25, 0.3) is 0 Å². The molecule has 0 aromatic rings. The predicted molar refractivity (Wildman–Crippen MR) is 57.5 cm³/mol. The number of carbonyl (C=O) groups is 2. The molecule has 1 heterocycles. The van der Waals surface area contributed by atoms with Gasteiger partial charge in [-0.15, -0.1) is 0 Å². The molecular weight excluding hydrogens is 194 g/mol. The highest BCUT2D eigenvalue weighted by Crippen LogP contribution is 2.07. The van der Waals surface area contributed by atoms with E-state index in [0.717, 1.165) is 19.6 Å². The number of imide groups is 1. The summed E-state index contributed by atoms with van der Waals surface area (Å²) in [5.74, 6) is -0.125. The molecule has 1 aliphatic heterocycles. The zero-order valence-electron chi connectivity index (χ0n) is 9.62. The van der Waals surface area contributed by atoms with Crippen LogP contribution in [0.15, 0.2) is 0 Å². The molecule has 1 rings (SSSR count). The molecule has 15 heavy (non-hydrogen) atoms. The van der Waals surface area contributed by atoms with Gasteiger partial charge in [-0.25, -0.2) is 4.79 Å². The molecule has 1 saturated heterocycles. The Kier molecular flexibility index (Phi) is 4.08. The van der Waals surface area contributed by atoms with Crippen LogP contribution in [0.1, 0.15) is 20.8 Å². The summed E-state index contributed by atoms with van der Waals surface area (Å²) in [6, 6.07) is -0.320. The Morgan fingerprint density at radius 1 is 1.40 bits per heavy atom. The van der Waals surface area contributed by atoms with Gasteiger partial charge in [0.15, 0.2) is 0 Å². The van der Waals surface area contributed by atoms with Gasteiger partial charge >= 0.3 is 6.03 Å². The van der Waals surface area contributed by atoms with Crippen LogP contribution in [0.5, 0.6) is 0 Å². The number of urea groups is 1. The van der Waals surface area contributed by atoms with Gasteiger partial charge in [0, 0.05) is 6.54 Å². The van der Waals surface area contributed by atoms with Gasteiger partial charge in [0.2, 0.25) is 5.91 Å². The lowest BCUT2D eigenvalue weighted by molar-refractivity contribution is -0.126. The number of rotatable bonds is 5. The van der Waals surface area contributed by atoms with Gasteiger partial charge in [-0.3, -0.25) is 9.69 Å². The quantitative estimate of drug-likeness (QED) is 0.667. The van der Waals surface area contributed by atoms with E-state index in [1.165, 1.54) is 4.90 Å². The largest absolute Gasteiger partial charge is 0.329 e. The fourth-order valence-electron chi connectivity index (χ4n) is 1.82. The van der Waals surface area contributed by atoms with Crippen LogP contribution in [0.2, 0.25) is 0 Å². The molecule has 0 aliphatic carbocycles. The molecule has 1 atom stereocenters. The maximum Gasteiger partial charge on any atom is 0.324 e. The molecule has 3 amide bonds. The Bertz CT molecular complexity index is 235. The van der Waals surface area contributed by atoms with E-state index >= 15 is 0 Å². The maximum absolute atomic E-state index is 11.4. The smallest absolute Gasteiger partial charge is 0.324 e. The number of carbonyl (C=O) groups excluding carboxylic acids is 2. The second-order valence-electron chi connectivity index (χ2n) is 3.76. The second kappa shape index (κ2) is 5.11. The van der Waals surface area contributed by atoms with Crippen molar-refractivity contribution in [3.8, 4) is 0 Å². The maximum atomic E-state index is 11.4. The minimum absolute atomic E-state index is 0.0556. The Hall–Kier alpha value is -1.10. The number of nitrogens with zero attached hydrogens (tertiary/aromatic N) is 2. The number of amides is 3. The zero-order chi connectivity index (χ0) is 11.4. The first kappa shape index (κ1) is 12.0. The normalized spacial score (nSPS) is 18.5. The third-order valence-corrected chi connectivity index (χ3v) is 2.74. The van der Waals surface area contributed by atoms with Crippen LogP contribution in [-0.4, -0.2) is 54.0 Å². The van der Waals surface area contributed by atoms with E-state index in [-0.39, 0.29) is 24.5 Å². The highest BCUT2D eigenvalue weighted by Gasteiger charge is 2.32. The Balaban J connectivity index is 2.55. The minimum Gasteiger partial charge on any atom is -0.329 e. The van der Waals surface area contributed by atoms with Crippen molar-refractivity contribution in [3.05, 3.63) is 0 Å². The van der Waals surface area contributed by atoms with Gasteiger partial charge in [-0.05, 0) is 20.0 Å².